The first-order valence-corrected chi connectivity index (χ1v) is 16.5. The molecule has 1 aliphatic rings. The summed E-state index contributed by atoms with van der Waals surface area (Å²) in [6.07, 6.45) is 3.71. The molecule has 1 atom stereocenters. The maximum Gasteiger partial charge on any atom is 0.246 e. The number of hydroxylamine groups is 2. The Labute approximate surface area is 274 Å². The van der Waals surface area contributed by atoms with Crippen molar-refractivity contribution >= 4 is 40.2 Å². The largest absolute Gasteiger partial charge is 0.487 e. The highest BCUT2D eigenvalue weighted by atomic mass is 35.5. The van der Waals surface area contributed by atoms with Gasteiger partial charge in [0.25, 0.3) is 0 Å². The summed E-state index contributed by atoms with van der Waals surface area (Å²) in [5, 5.41) is 12.8. The van der Waals surface area contributed by atoms with E-state index in [9.17, 15) is 10.0 Å². The van der Waals surface area contributed by atoms with Gasteiger partial charge in [-0.05, 0) is 59.7 Å². The fourth-order valence-electron chi connectivity index (χ4n) is 6.13. The third-order valence-corrected chi connectivity index (χ3v) is 9.86. The van der Waals surface area contributed by atoms with E-state index in [1.807, 2.05) is 54.4 Å². The summed E-state index contributed by atoms with van der Waals surface area (Å²) in [5.74, 6) is 0.591. The smallest absolute Gasteiger partial charge is 0.246 e. The minimum absolute atomic E-state index is 0.236. The summed E-state index contributed by atoms with van der Waals surface area (Å²) in [5.41, 5.74) is 7.44. The van der Waals surface area contributed by atoms with E-state index >= 15 is 0 Å². The third kappa shape index (κ3) is 6.91. The van der Waals surface area contributed by atoms with Crippen LogP contribution in [0.3, 0.4) is 0 Å². The second kappa shape index (κ2) is 12.9. The summed E-state index contributed by atoms with van der Waals surface area (Å²) in [6, 6.07) is 26.6. The predicted octanol–water partition coefficient (Wildman–Crippen LogP) is 8.83. The number of pyridine rings is 1. The van der Waals surface area contributed by atoms with Crippen LogP contribution in [0.15, 0.2) is 90.0 Å². The molecular formula is C37H38ClN3O3S. The Hall–Kier alpha value is -3.78. The van der Waals surface area contributed by atoms with Gasteiger partial charge in [-0.15, -0.1) is 11.8 Å². The molecule has 232 valence electrons. The van der Waals surface area contributed by atoms with Crippen molar-refractivity contribution in [3.05, 3.63) is 113 Å². The van der Waals surface area contributed by atoms with Gasteiger partial charge in [0.1, 0.15) is 12.4 Å². The van der Waals surface area contributed by atoms with Crippen LogP contribution in [-0.2, 0) is 30.8 Å². The van der Waals surface area contributed by atoms with Crippen LogP contribution >= 0.6 is 23.4 Å². The number of ether oxygens (including phenoxy) is 1. The van der Waals surface area contributed by atoms with Crippen LogP contribution < -0.4 is 4.74 Å². The number of thioether (sulfide) groups is 1. The van der Waals surface area contributed by atoms with Crippen molar-refractivity contribution in [1.29, 1.82) is 0 Å². The SMILES string of the molecule is CC1Cc2c(OCc3ccc(-c4ccccc4)cn3)ccc3c2c(c(CC(C)(C)CC(=O)N(C)O)n3Cc2ccc(Cl)cc2)S1. The van der Waals surface area contributed by atoms with Gasteiger partial charge in [0, 0.05) is 63.6 Å². The summed E-state index contributed by atoms with van der Waals surface area (Å²) >= 11 is 8.11. The zero-order chi connectivity index (χ0) is 31.7. The quantitative estimate of drug-likeness (QED) is 0.122. The monoisotopic (exact) mass is 639 g/mol. The van der Waals surface area contributed by atoms with E-state index in [2.05, 4.69) is 67.8 Å². The lowest BCUT2D eigenvalue weighted by Gasteiger charge is -2.27. The first-order chi connectivity index (χ1) is 21.6. The number of hydrogen-bond donors (Lipinski definition) is 1. The molecule has 0 bridgehead atoms. The van der Waals surface area contributed by atoms with E-state index in [0.29, 0.717) is 34.9 Å². The number of nitrogens with zero attached hydrogens (tertiary/aromatic N) is 3. The second-order valence-electron chi connectivity index (χ2n) is 12.7. The van der Waals surface area contributed by atoms with E-state index < -0.39 is 0 Å². The maximum atomic E-state index is 12.6. The van der Waals surface area contributed by atoms with Crippen molar-refractivity contribution in [2.24, 2.45) is 5.41 Å². The normalized spacial score (nSPS) is 14.5. The third-order valence-electron chi connectivity index (χ3n) is 8.36. The lowest BCUT2D eigenvalue weighted by Crippen LogP contribution is -2.30. The van der Waals surface area contributed by atoms with Crippen LogP contribution in [0, 0.1) is 5.41 Å². The lowest BCUT2D eigenvalue weighted by molar-refractivity contribution is -0.161. The molecule has 6 rings (SSSR count). The summed E-state index contributed by atoms with van der Waals surface area (Å²) in [6.45, 7) is 7.50. The van der Waals surface area contributed by atoms with Gasteiger partial charge < -0.3 is 9.30 Å². The Morgan fingerprint density at radius 3 is 2.51 bits per heavy atom. The minimum Gasteiger partial charge on any atom is -0.487 e. The van der Waals surface area contributed by atoms with Crippen LogP contribution in [-0.4, -0.2) is 38.0 Å². The predicted molar refractivity (Wildman–Crippen MR) is 182 cm³/mol. The van der Waals surface area contributed by atoms with Gasteiger partial charge in [-0.2, -0.15) is 0 Å². The average Bonchev–Trinajstić information content (AvgIpc) is 3.29. The molecule has 6 nitrogen and oxygen atoms in total. The molecule has 1 amide bonds. The van der Waals surface area contributed by atoms with E-state index in [1.54, 1.807) is 0 Å². The molecule has 3 heterocycles. The molecule has 0 spiro atoms. The van der Waals surface area contributed by atoms with Gasteiger partial charge >= 0.3 is 0 Å². The molecule has 1 aliphatic heterocycles. The van der Waals surface area contributed by atoms with Crippen LogP contribution in [0.2, 0.25) is 5.02 Å². The molecule has 3 aromatic carbocycles. The molecular weight excluding hydrogens is 602 g/mol. The van der Waals surface area contributed by atoms with Gasteiger partial charge in [-0.25, -0.2) is 5.06 Å². The Balaban J connectivity index is 1.36. The van der Waals surface area contributed by atoms with Gasteiger partial charge in [0.2, 0.25) is 5.91 Å². The van der Waals surface area contributed by atoms with Gasteiger partial charge in [0.05, 0.1) is 11.2 Å². The number of halogens is 1. The molecule has 0 saturated heterocycles. The van der Waals surface area contributed by atoms with Crippen LogP contribution in [0.25, 0.3) is 22.0 Å². The minimum atomic E-state index is -0.380. The summed E-state index contributed by atoms with van der Waals surface area (Å²) in [4.78, 5) is 18.5. The molecule has 0 radical (unpaired) electrons. The van der Waals surface area contributed by atoms with Gasteiger partial charge in [-0.1, -0.05) is 80.9 Å². The fraction of sp³-hybridized carbons (Fsp3) is 0.297. The van der Waals surface area contributed by atoms with Crippen molar-refractivity contribution in [3.63, 3.8) is 0 Å². The van der Waals surface area contributed by atoms with Crippen molar-refractivity contribution in [1.82, 2.24) is 14.6 Å². The average molecular weight is 640 g/mol. The van der Waals surface area contributed by atoms with Crippen LogP contribution in [0.1, 0.15) is 49.7 Å². The topological polar surface area (TPSA) is 67.6 Å². The van der Waals surface area contributed by atoms with Crippen molar-refractivity contribution in [3.8, 4) is 16.9 Å². The Morgan fingerprint density at radius 2 is 1.82 bits per heavy atom. The number of carbonyl (C=O) groups excluding carboxylic acids is 1. The zero-order valence-corrected chi connectivity index (χ0v) is 27.7. The maximum absolute atomic E-state index is 12.6. The summed E-state index contributed by atoms with van der Waals surface area (Å²) < 4.78 is 8.89. The fourth-order valence-corrected chi connectivity index (χ4v) is 7.58. The number of carbonyl (C=O) groups is 1. The van der Waals surface area contributed by atoms with E-state index in [1.165, 1.54) is 28.6 Å². The Kier molecular flexibility index (Phi) is 8.96. The van der Waals surface area contributed by atoms with Crippen LogP contribution in [0.5, 0.6) is 5.75 Å². The molecule has 2 aromatic heterocycles. The Morgan fingerprint density at radius 1 is 1.07 bits per heavy atom. The lowest BCUT2D eigenvalue weighted by atomic mass is 9.83. The van der Waals surface area contributed by atoms with E-state index in [0.717, 1.165) is 40.1 Å². The van der Waals surface area contributed by atoms with Crippen molar-refractivity contribution in [2.45, 2.75) is 63.3 Å². The number of aromatic nitrogens is 2. The Bertz CT molecular complexity index is 1820. The highest BCUT2D eigenvalue weighted by molar-refractivity contribution is 8.00. The number of benzene rings is 3. The van der Waals surface area contributed by atoms with Gasteiger partial charge in [0.15, 0.2) is 0 Å². The molecule has 0 saturated carbocycles. The highest BCUT2D eigenvalue weighted by Gasteiger charge is 2.33. The van der Waals surface area contributed by atoms with Crippen molar-refractivity contribution < 1.29 is 14.7 Å². The standard InChI is InChI=1S/C37H38ClN3O3S/c1-24-18-30-33(44-23-29-15-12-27(21-39-29)26-8-6-5-7-9-26)17-16-31-35(30)36(45-24)32(19-37(2,3)20-34(42)40(4)43)41(31)22-25-10-13-28(38)14-11-25/h5-17,21,24,43H,18-20,22-23H2,1-4H3. The molecule has 45 heavy (non-hydrogen) atoms. The van der Waals surface area contributed by atoms with Crippen LogP contribution in [0.4, 0.5) is 0 Å². The first kappa shape index (κ1) is 31.2. The number of rotatable bonds is 10. The first-order valence-electron chi connectivity index (χ1n) is 15.2. The molecule has 5 aromatic rings. The molecule has 0 aliphatic carbocycles. The van der Waals surface area contributed by atoms with E-state index in [-0.39, 0.29) is 17.7 Å². The summed E-state index contributed by atoms with van der Waals surface area (Å²) in [7, 11) is 1.39. The molecule has 8 heteroatoms. The number of hydrogen-bond acceptors (Lipinski definition) is 5. The second-order valence-corrected chi connectivity index (χ2v) is 14.6. The molecule has 1 N–H and O–H groups in total. The van der Waals surface area contributed by atoms with E-state index in [4.69, 9.17) is 21.3 Å². The van der Waals surface area contributed by atoms with Crippen molar-refractivity contribution in [2.75, 3.05) is 7.05 Å². The highest BCUT2D eigenvalue weighted by Crippen LogP contribution is 2.48. The van der Waals surface area contributed by atoms with Gasteiger partial charge in [-0.3, -0.25) is 15.0 Å². The molecule has 1 unspecified atom stereocenters. The zero-order valence-electron chi connectivity index (χ0n) is 26.1. The number of amides is 1. The molecule has 0 fully saturated rings.